The van der Waals surface area contributed by atoms with E-state index in [1.807, 2.05) is 0 Å². The van der Waals surface area contributed by atoms with Crippen LogP contribution in [0.3, 0.4) is 0 Å². The lowest BCUT2D eigenvalue weighted by atomic mass is 10.0. The van der Waals surface area contributed by atoms with Gasteiger partial charge in [-0.1, -0.05) is 24.3 Å². The molecule has 35 heavy (non-hydrogen) atoms. The quantitative estimate of drug-likeness (QED) is 0.370. The molecule has 0 fully saturated rings. The molecule has 0 aliphatic carbocycles. The summed E-state index contributed by atoms with van der Waals surface area (Å²) in [6, 6.07) is 16.1. The summed E-state index contributed by atoms with van der Waals surface area (Å²) < 4.78 is 45.9. The van der Waals surface area contributed by atoms with E-state index < -0.39 is 35.3 Å². The van der Waals surface area contributed by atoms with Gasteiger partial charge in [0.1, 0.15) is 29.3 Å². The third kappa shape index (κ3) is 5.43. The van der Waals surface area contributed by atoms with Gasteiger partial charge in [0.25, 0.3) is 5.91 Å². The zero-order valence-electron chi connectivity index (χ0n) is 18.7. The molecule has 5 nitrogen and oxygen atoms in total. The second-order valence-corrected chi connectivity index (χ2v) is 7.84. The van der Waals surface area contributed by atoms with E-state index in [-0.39, 0.29) is 17.8 Å². The minimum absolute atomic E-state index is 0.0625. The van der Waals surface area contributed by atoms with Gasteiger partial charge in [-0.15, -0.1) is 0 Å². The molecule has 1 atom stereocenters. The normalized spacial score (nSPS) is 11.7. The molecule has 0 aliphatic heterocycles. The number of carbonyl (C=O) groups excluding carboxylic acids is 2. The minimum Gasteiger partial charge on any atom is -0.469 e. The highest BCUT2D eigenvalue weighted by Gasteiger charge is 2.34. The molecule has 0 saturated carbocycles. The van der Waals surface area contributed by atoms with E-state index in [2.05, 4.69) is 5.32 Å². The van der Waals surface area contributed by atoms with Crippen molar-refractivity contribution in [3.05, 3.63) is 125 Å². The summed E-state index contributed by atoms with van der Waals surface area (Å²) in [4.78, 5) is 28.4. The summed E-state index contributed by atoms with van der Waals surface area (Å²) in [5.74, 6) is -2.22. The number of nitrogens with one attached hydrogen (secondary N) is 1. The molecule has 0 saturated heterocycles. The van der Waals surface area contributed by atoms with Gasteiger partial charge in [-0.3, -0.25) is 14.5 Å². The minimum atomic E-state index is -1.23. The highest BCUT2D eigenvalue weighted by atomic mass is 19.1. The fourth-order valence-corrected chi connectivity index (χ4v) is 3.67. The van der Waals surface area contributed by atoms with Crippen LogP contribution in [0.25, 0.3) is 0 Å². The number of hydrogen-bond acceptors (Lipinski definition) is 3. The van der Waals surface area contributed by atoms with E-state index in [1.54, 1.807) is 6.92 Å². The molecule has 4 aromatic rings. The lowest BCUT2D eigenvalue weighted by molar-refractivity contribution is -0.122. The zero-order valence-corrected chi connectivity index (χ0v) is 18.7. The summed E-state index contributed by atoms with van der Waals surface area (Å²) in [5, 5.41) is 2.76. The van der Waals surface area contributed by atoms with Crippen molar-refractivity contribution in [3.8, 4) is 0 Å². The fraction of sp³-hybridized carbons (Fsp3) is 0.111. The van der Waals surface area contributed by atoms with Gasteiger partial charge in [0, 0.05) is 12.2 Å². The summed E-state index contributed by atoms with van der Waals surface area (Å²) in [6.45, 7) is 1.67. The molecule has 1 unspecified atom stereocenters. The maximum Gasteiger partial charge on any atom is 0.262 e. The fourth-order valence-electron chi connectivity index (χ4n) is 3.67. The average Bonchev–Trinajstić information content (AvgIpc) is 3.29. The van der Waals surface area contributed by atoms with Crippen LogP contribution in [-0.2, 0) is 11.3 Å². The number of anilines is 1. The number of halogens is 3. The van der Waals surface area contributed by atoms with Crippen molar-refractivity contribution < 1.29 is 27.2 Å². The first-order valence-corrected chi connectivity index (χ1v) is 10.7. The summed E-state index contributed by atoms with van der Waals surface area (Å²) in [7, 11) is 0. The topological polar surface area (TPSA) is 62.6 Å². The van der Waals surface area contributed by atoms with Gasteiger partial charge >= 0.3 is 0 Å². The standard InChI is InChI=1S/C27H21F3N2O3/c1-17-24(14-15-35-17)27(34)32(23-12-10-22(30)11-13-23)25(19-4-8-21(29)9-5-19)26(33)31-16-18-2-6-20(28)7-3-18/h2-15,25H,16H2,1H3,(H,31,33). The monoisotopic (exact) mass is 478 g/mol. The van der Waals surface area contributed by atoms with Crippen LogP contribution in [0.15, 0.2) is 89.5 Å². The van der Waals surface area contributed by atoms with Crippen molar-refractivity contribution in [2.75, 3.05) is 4.90 Å². The number of amides is 2. The van der Waals surface area contributed by atoms with Crippen molar-refractivity contribution >= 4 is 17.5 Å². The smallest absolute Gasteiger partial charge is 0.262 e. The van der Waals surface area contributed by atoms with Gasteiger partial charge in [-0.2, -0.15) is 0 Å². The molecule has 8 heteroatoms. The Morgan fingerprint density at radius 2 is 1.37 bits per heavy atom. The Morgan fingerprint density at radius 3 is 1.91 bits per heavy atom. The summed E-state index contributed by atoms with van der Waals surface area (Å²) in [5.41, 5.74) is 1.45. The van der Waals surface area contributed by atoms with Crippen molar-refractivity contribution in [1.29, 1.82) is 0 Å². The van der Waals surface area contributed by atoms with Gasteiger partial charge in [0.15, 0.2) is 0 Å². The maximum atomic E-state index is 13.7. The van der Waals surface area contributed by atoms with Crippen LogP contribution in [-0.4, -0.2) is 11.8 Å². The van der Waals surface area contributed by atoms with Crippen LogP contribution in [0, 0.1) is 24.4 Å². The molecule has 3 aromatic carbocycles. The van der Waals surface area contributed by atoms with Gasteiger partial charge in [-0.05, 0) is 72.6 Å². The molecule has 0 aliphatic rings. The third-order valence-electron chi connectivity index (χ3n) is 5.49. The van der Waals surface area contributed by atoms with Crippen LogP contribution in [0.5, 0.6) is 0 Å². The molecule has 1 N–H and O–H groups in total. The number of carbonyl (C=O) groups is 2. The first-order chi connectivity index (χ1) is 16.8. The average molecular weight is 478 g/mol. The highest BCUT2D eigenvalue weighted by Crippen LogP contribution is 2.31. The number of aryl methyl sites for hydroxylation is 1. The third-order valence-corrected chi connectivity index (χ3v) is 5.49. The first-order valence-electron chi connectivity index (χ1n) is 10.7. The van der Waals surface area contributed by atoms with Crippen LogP contribution in [0.4, 0.5) is 18.9 Å². The Hall–Kier alpha value is -4.33. The zero-order chi connectivity index (χ0) is 24.9. The molecule has 0 radical (unpaired) electrons. The van der Waals surface area contributed by atoms with Crippen LogP contribution in [0.1, 0.15) is 33.3 Å². The second kappa shape index (κ2) is 10.3. The van der Waals surface area contributed by atoms with E-state index in [0.29, 0.717) is 16.9 Å². The Bertz CT molecular complexity index is 1320. The predicted molar refractivity (Wildman–Crippen MR) is 124 cm³/mol. The van der Waals surface area contributed by atoms with Gasteiger partial charge in [0.05, 0.1) is 11.8 Å². The van der Waals surface area contributed by atoms with Crippen LogP contribution >= 0.6 is 0 Å². The van der Waals surface area contributed by atoms with Gasteiger partial charge < -0.3 is 9.73 Å². The lowest BCUT2D eigenvalue weighted by Crippen LogP contribution is -2.44. The van der Waals surface area contributed by atoms with E-state index >= 15 is 0 Å². The molecule has 178 valence electrons. The molecular formula is C27H21F3N2O3. The van der Waals surface area contributed by atoms with Crippen molar-refractivity contribution in [2.24, 2.45) is 0 Å². The van der Waals surface area contributed by atoms with Crippen molar-refractivity contribution in [2.45, 2.75) is 19.5 Å². The SMILES string of the molecule is Cc1occc1C(=O)N(c1ccc(F)cc1)C(C(=O)NCc1ccc(F)cc1)c1ccc(F)cc1. The molecule has 2 amide bonds. The van der Waals surface area contributed by atoms with E-state index in [4.69, 9.17) is 4.42 Å². The number of furan rings is 1. The molecule has 0 spiro atoms. The Morgan fingerprint density at radius 1 is 0.829 bits per heavy atom. The molecule has 1 aromatic heterocycles. The number of rotatable bonds is 7. The second-order valence-electron chi connectivity index (χ2n) is 7.84. The summed E-state index contributed by atoms with van der Waals surface area (Å²) in [6.07, 6.45) is 1.35. The van der Waals surface area contributed by atoms with E-state index in [0.717, 1.165) is 0 Å². The Kier molecular flexibility index (Phi) is 7.01. The molecular weight excluding hydrogens is 457 g/mol. The number of hydrogen-bond donors (Lipinski definition) is 1. The van der Waals surface area contributed by atoms with Gasteiger partial charge in [0.2, 0.25) is 5.91 Å². The maximum absolute atomic E-state index is 13.7. The van der Waals surface area contributed by atoms with Crippen LogP contribution in [0.2, 0.25) is 0 Å². The highest BCUT2D eigenvalue weighted by molar-refractivity contribution is 6.10. The Balaban J connectivity index is 1.77. The van der Waals surface area contributed by atoms with Crippen molar-refractivity contribution in [1.82, 2.24) is 5.32 Å². The number of nitrogens with zero attached hydrogens (tertiary/aromatic N) is 1. The predicted octanol–water partition coefficient (Wildman–Crippen LogP) is 5.71. The van der Waals surface area contributed by atoms with Crippen LogP contribution < -0.4 is 10.2 Å². The van der Waals surface area contributed by atoms with Crippen molar-refractivity contribution in [3.63, 3.8) is 0 Å². The largest absolute Gasteiger partial charge is 0.469 e. The first kappa shape index (κ1) is 23.8. The lowest BCUT2D eigenvalue weighted by Gasteiger charge is -2.31. The molecule has 4 rings (SSSR count). The molecule has 1 heterocycles. The Labute approximate surface area is 199 Å². The van der Waals surface area contributed by atoms with E-state index in [9.17, 15) is 22.8 Å². The molecule has 0 bridgehead atoms. The van der Waals surface area contributed by atoms with E-state index in [1.165, 1.54) is 90.0 Å². The number of benzene rings is 3. The van der Waals surface area contributed by atoms with Gasteiger partial charge in [-0.25, -0.2) is 13.2 Å². The summed E-state index contributed by atoms with van der Waals surface area (Å²) >= 11 is 0.